The number of nitrogens with one attached hydrogen (secondary N) is 1. The highest BCUT2D eigenvalue weighted by atomic mass is 16.5. The second kappa shape index (κ2) is 5.32. The van der Waals surface area contributed by atoms with Crippen LogP contribution < -0.4 is 11.1 Å². The Labute approximate surface area is 85.2 Å². The van der Waals surface area contributed by atoms with Crippen LogP contribution in [0.25, 0.3) is 0 Å². The molecule has 1 amide bonds. The third kappa shape index (κ3) is 2.96. The van der Waals surface area contributed by atoms with E-state index < -0.39 is 0 Å². The third-order valence-electron chi connectivity index (χ3n) is 2.64. The van der Waals surface area contributed by atoms with Gasteiger partial charge in [0, 0.05) is 6.61 Å². The van der Waals surface area contributed by atoms with E-state index in [0.29, 0.717) is 0 Å². The molecule has 3 atom stereocenters. The van der Waals surface area contributed by atoms with Crippen LogP contribution in [-0.4, -0.2) is 30.7 Å². The van der Waals surface area contributed by atoms with Crippen LogP contribution in [0.5, 0.6) is 0 Å². The van der Waals surface area contributed by atoms with Gasteiger partial charge in [-0.05, 0) is 19.8 Å². The number of ether oxygens (including phenoxy) is 1. The van der Waals surface area contributed by atoms with Crippen LogP contribution in [-0.2, 0) is 9.53 Å². The first kappa shape index (κ1) is 11.5. The Kier molecular flexibility index (Phi) is 4.35. The van der Waals surface area contributed by atoms with Gasteiger partial charge in [0.25, 0.3) is 0 Å². The number of carbonyl (C=O) groups excluding carboxylic acids is 1. The maximum absolute atomic E-state index is 11.5. The quantitative estimate of drug-likeness (QED) is 0.690. The van der Waals surface area contributed by atoms with Gasteiger partial charge in [-0.25, -0.2) is 0 Å². The fraction of sp³-hybridized carbons (Fsp3) is 0.900. The maximum atomic E-state index is 11.5. The molecule has 0 spiro atoms. The van der Waals surface area contributed by atoms with Gasteiger partial charge < -0.3 is 15.8 Å². The molecule has 3 N–H and O–H groups in total. The molecule has 0 aliphatic carbocycles. The minimum Gasteiger partial charge on any atom is -0.376 e. The fourth-order valence-electron chi connectivity index (χ4n) is 1.65. The molecule has 1 fully saturated rings. The van der Waals surface area contributed by atoms with Crippen LogP contribution in [0, 0.1) is 0 Å². The monoisotopic (exact) mass is 200 g/mol. The Morgan fingerprint density at radius 2 is 2.43 bits per heavy atom. The maximum Gasteiger partial charge on any atom is 0.237 e. The first-order valence-electron chi connectivity index (χ1n) is 5.32. The van der Waals surface area contributed by atoms with Crippen molar-refractivity contribution in [3.8, 4) is 0 Å². The second-order valence-corrected chi connectivity index (χ2v) is 3.87. The van der Waals surface area contributed by atoms with Crippen LogP contribution in [0.1, 0.15) is 33.1 Å². The number of hydrogen-bond donors (Lipinski definition) is 2. The van der Waals surface area contributed by atoms with Crippen molar-refractivity contribution in [1.82, 2.24) is 5.32 Å². The highest BCUT2D eigenvalue weighted by Crippen LogP contribution is 2.12. The van der Waals surface area contributed by atoms with E-state index in [1.54, 1.807) is 0 Å². The van der Waals surface area contributed by atoms with Crippen LogP contribution in [0.4, 0.5) is 0 Å². The summed E-state index contributed by atoms with van der Waals surface area (Å²) in [5.41, 5.74) is 5.70. The first-order valence-corrected chi connectivity index (χ1v) is 5.32. The van der Waals surface area contributed by atoms with E-state index in [4.69, 9.17) is 10.5 Å². The summed E-state index contributed by atoms with van der Waals surface area (Å²) in [7, 11) is 0. The molecule has 0 saturated carbocycles. The third-order valence-corrected chi connectivity index (χ3v) is 2.64. The van der Waals surface area contributed by atoms with E-state index in [1.807, 2.05) is 13.8 Å². The largest absolute Gasteiger partial charge is 0.376 e. The molecule has 4 nitrogen and oxygen atoms in total. The molecule has 0 aromatic heterocycles. The molecule has 2 unspecified atom stereocenters. The van der Waals surface area contributed by atoms with Crippen molar-refractivity contribution in [2.75, 3.05) is 6.61 Å². The van der Waals surface area contributed by atoms with Crippen LogP contribution in [0.2, 0.25) is 0 Å². The van der Waals surface area contributed by atoms with Gasteiger partial charge in [0.05, 0.1) is 18.2 Å². The van der Waals surface area contributed by atoms with Crippen molar-refractivity contribution < 1.29 is 9.53 Å². The summed E-state index contributed by atoms with van der Waals surface area (Å²) in [6, 6.07) is -0.224. The molecule has 0 aromatic carbocycles. The smallest absolute Gasteiger partial charge is 0.237 e. The summed E-state index contributed by atoms with van der Waals surface area (Å²) in [5, 5.41) is 2.92. The van der Waals surface area contributed by atoms with Crippen molar-refractivity contribution in [2.45, 2.75) is 51.3 Å². The average molecular weight is 200 g/mol. The SMILES string of the molecule is CCC[C@H](N)C(=O)NC1CCOC1C. The molecular weight excluding hydrogens is 180 g/mol. The normalized spacial score (nSPS) is 28.8. The van der Waals surface area contributed by atoms with E-state index in [9.17, 15) is 4.79 Å². The lowest BCUT2D eigenvalue weighted by Crippen LogP contribution is -2.47. The number of nitrogens with two attached hydrogens (primary N) is 1. The lowest BCUT2D eigenvalue weighted by atomic mass is 10.1. The molecule has 0 radical (unpaired) electrons. The summed E-state index contributed by atoms with van der Waals surface area (Å²) in [6.07, 6.45) is 2.69. The molecule has 1 heterocycles. The molecule has 0 aromatic rings. The number of amides is 1. The Morgan fingerprint density at radius 1 is 1.71 bits per heavy atom. The molecule has 1 saturated heterocycles. The standard InChI is InChI=1S/C10H20N2O2/c1-3-4-8(11)10(13)12-9-5-6-14-7(9)2/h7-9H,3-6,11H2,1-2H3,(H,12,13)/t7?,8-,9?/m0/s1. The summed E-state index contributed by atoms with van der Waals surface area (Å²) >= 11 is 0. The molecular formula is C10H20N2O2. The molecule has 1 rings (SSSR count). The highest BCUT2D eigenvalue weighted by molar-refractivity contribution is 5.81. The van der Waals surface area contributed by atoms with Crippen molar-refractivity contribution in [3.63, 3.8) is 0 Å². The van der Waals surface area contributed by atoms with E-state index in [-0.39, 0.29) is 24.1 Å². The molecule has 1 aliphatic heterocycles. The van der Waals surface area contributed by atoms with Gasteiger partial charge in [-0.15, -0.1) is 0 Å². The van der Waals surface area contributed by atoms with Crippen molar-refractivity contribution in [1.29, 1.82) is 0 Å². The molecule has 1 aliphatic rings. The predicted octanol–water partition coefficient (Wildman–Crippen LogP) is 0.407. The van der Waals surface area contributed by atoms with Crippen molar-refractivity contribution in [3.05, 3.63) is 0 Å². The van der Waals surface area contributed by atoms with Gasteiger partial charge in [-0.2, -0.15) is 0 Å². The van der Waals surface area contributed by atoms with Gasteiger partial charge >= 0.3 is 0 Å². The fourth-order valence-corrected chi connectivity index (χ4v) is 1.65. The van der Waals surface area contributed by atoms with Gasteiger partial charge in [-0.1, -0.05) is 13.3 Å². The Bertz CT molecular complexity index is 197. The number of carbonyl (C=O) groups is 1. The van der Waals surface area contributed by atoms with Gasteiger partial charge in [-0.3, -0.25) is 4.79 Å². The van der Waals surface area contributed by atoms with Gasteiger partial charge in [0.1, 0.15) is 0 Å². The van der Waals surface area contributed by atoms with Crippen molar-refractivity contribution in [2.24, 2.45) is 5.73 Å². The number of hydrogen-bond acceptors (Lipinski definition) is 3. The zero-order valence-corrected chi connectivity index (χ0v) is 8.95. The predicted molar refractivity (Wildman–Crippen MR) is 54.8 cm³/mol. The zero-order chi connectivity index (χ0) is 10.6. The van der Waals surface area contributed by atoms with E-state index in [2.05, 4.69) is 5.32 Å². The summed E-state index contributed by atoms with van der Waals surface area (Å²) in [4.78, 5) is 11.5. The number of rotatable bonds is 4. The lowest BCUT2D eigenvalue weighted by Gasteiger charge is -2.18. The topological polar surface area (TPSA) is 64.4 Å². The molecule has 82 valence electrons. The molecule has 0 bridgehead atoms. The lowest BCUT2D eigenvalue weighted by molar-refractivity contribution is -0.123. The van der Waals surface area contributed by atoms with Gasteiger partial charge in [0.15, 0.2) is 0 Å². The first-order chi connectivity index (χ1) is 6.65. The van der Waals surface area contributed by atoms with E-state index in [1.165, 1.54) is 0 Å². The Balaban J connectivity index is 2.32. The summed E-state index contributed by atoms with van der Waals surface area (Å²) in [5.74, 6) is -0.0470. The minimum absolute atomic E-state index is 0.0470. The average Bonchev–Trinajstić information content (AvgIpc) is 2.52. The van der Waals surface area contributed by atoms with E-state index in [0.717, 1.165) is 25.9 Å². The molecule has 14 heavy (non-hydrogen) atoms. The Morgan fingerprint density at radius 3 is 2.93 bits per heavy atom. The van der Waals surface area contributed by atoms with E-state index >= 15 is 0 Å². The summed E-state index contributed by atoms with van der Waals surface area (Å²) in [6.45, 7) is 4.73. The summed E-state index contributed by atoms with van der Waals surface area (Å²) < 4.78 is 5.35. The van der Waals surface area contributed by atoms with Crippen LogP contribution >= 0.6 is 0 Å². The highest BCUT2D eigenvalue weighted by Gasteiger charge is 2.26. The van der Waals surface area contributed by atoms with Crippen LogP contribution in [0.15, 0.2) is 0 Å². The zero-order valence-electron chi connectivity index (χ0n) is 8.95. The van der Waals surface area contributed by atoms with Gasteiger partial charge in [0.2, 0.25) is 5.91 Å². The second-order valence-electron chi connectivity index (χ2n) is 3.87. The van der Waals surface area contributed by atoms with Crippen LogP contribution in [0.3, 0.4) is 0 Å². The van der Waals surface area contributed by atoms with Crippen molar-refractivity contribution >= 4 is 5.91 Å². The molecule has 4 heteroatoms. The minimum atomic E-state index is -0.368. The Hall–Kier alpha value is -0.610.